The van der Waals surface area contributed by atoms with E-state index in [2.05, 4.69) is 11.5 Å². The first-order valence-electron chi connectivity index (χ1n) is 9.15. The minimum absolute atomic E-state index is 0. The van der Waals surface area contributed by atoms with E-state index in [4.69, 9.17) is 4.74 Å². The summed E-state index contributed by atoms with van der Waals surface area (Å²) in [5.74, 6) is 0.547. The number of ketones is 1. The highest BCUT2D eigenvalue weighted by Gasteiger charge is 2.73. The zero-order valence-corrected chi connectivity index (χ0v) is 15.4. The van der Waals surface area contributed by atoms with E-state index < -0.39 is 17.1 Å². The first-order chi connectivity index (χ1) is 12.0. The van der Waals surface area contributed by atoms with Crippen LogP contribution in [0.2, 0.25) is 0 Å². The average Bonchev–Trinajstić information content (AvgIpc) is 2.95. The maximum atomic E-state index is 12.7. The van der Waals surface area contributed by atoms with Gasteiger partial charge in [0.2, 0.25) is 0 Å². The van der Waals surface area contributed by atoms with Gasteiger partial charge in [0, 0.05) is 24.6 Å². The third kappa shape index (κ3) is 1.86. The molecule has 4 atom stereocenters. The van der Waals surface area contributed by atoms with Crippen molar-refractivity contribution in [2.75, 3.05) is 13.1 Å². The van der Waals surface area contributed by atoms with Gasteiger partial charge in [-0.3, -0.25) is 9.69 Å². The molecule has 5 rings (SSSR count). The Balaban J connectivity index is 0.00000168. The summed E-state index contributed by atoms with van der Waals surface area (Å²) in [6, 6.07) is 3.56. The number of carbonyl (C=O) groups is 1. The van der Waals surface area contributed by atoms with Crippen molar-refractivity contribution in [2.45, 2.75) is 55.3 Å². The van der Waals surface area contributed by atoms with Crippen LogP contribution in [-0.2, 0) is 16.6 Å². The predicted molar refractivity (Wildman–Crippen MR) is 99.1 cm³/mol. The summed E-state index contributed by atoms with van der Waals surface area (Å²) in [5.41, 5.74) is 0.298. The number of aromatic hydroxyl groups is 1. The lowest BCUT2D eigenvalue weighted by molar-refractivity contribution is -0.188. The summed E-state index contributed by atoms with van der Waals surface area (Å²) in [5, 5.41) is 22.2. The molecule has 140 valence electrons. The van der Waals surface area contributed by atoms with Crippen molar-refractivity contribution in [3.05, 3.63) is 35.9 Å². The van der Waals surface area contributed by atoms with Crippen LogP contribution in [0.1, 0.15) is 36.8 Å². The monoisotopic (exact) mass is 377 g/mol. The fraction of sp³-hybridized carbons (Fsp3) is 0.550. The zero-order valence-electron chi connectivity index (χ0n) is 14.6. The molecule has 4 aliphatic rings. The number of piperidine rings is 1. The number of benzene rings is 1. The second-order valence-electron chi connectivity index (χ2n) is 7.89. The van der Waals surface area contributed by atoms with Crippen molar-refractivity contribution >= 4 is 18.2 Å². The minimum Gasteiger partial charge on any atom is -0.504 e. The van der Waals surface area contributed by atoms with Gasteiger partial charge in [0.25, 0.3) is 0 Å². The number of rotatable bonds is 3. The smallest absolute Gasteiger partial charge is 0.174 e. The first-order valence-corrected chi connectivity index (χ1v) is 9.15. The Morgan fingerprint density at radius 1 is 1.38 bits per heavy atom. The molecule has 1 saturated carbocycles. The SMILES string of the molecule is C=CCCN1CC[C@]23c4c5ccc(O)c4O[C@H]2C(=O)CC[C@@]3(O)[C@H]1C5.Cl. The van der Waals surface area contributed by atoms with Crippen LogP contribution >= 0.6 is 12.4 Å². The number of hydrogen-bond donors (Lipinski definition) is 2. The van der Waals surface area contributed by atoms with E-state index in [9.17, 15) is 15.0 Å². The van der Waals surface area contributed by atoms with Gasteiger partial charge in [-0.2, -0.15) is 0 Å². The van der Waals surface area contributed by atoms with Crippen LogP contribution in [0.15, 0.2) is 24.8 Å². The van der Waals surface area contributed by atoms with Crippen molar-refractivity contribution in [1.82, 2.24) is 4.90 Å². The maximum Gasteiger partial charge on any atom is 0.174 e. The number of nitrogens with zero attached hydrogens (tertiary/aromatic N) is 1. The molecule has 2 bridgehead atoms. The highest BCUT2D eigenvalue weighted by atomic mass is 35.5. The van der Waals surface area contributed by atoms with Gasteiger partial charge in [-0.15, -0.1) is 19.0 Å². The number of hydrogen-bond acceptors (Lipinski definition) is 5. The second kappa shape index (κ2) is 5.72. The Labute approximate surface area is 159 Å². The molecule has 2 heterocycles. The highest BCUT2D eigenvalue weighted by Crippen LogP contribution is 2.64. The van der Waals surface area contributed by atoms with Crippen LogP contribution in [0.4, 0.5) is 0 Å². The molecular weight excluding hydrogens is 354 g/mol. The predicted octanol–water partition coefficient (Wildman–Crippen LogP) is 2.11. The number of aliphatic hydroxyl groups is 1. The van der Waals surface area contributed by atoms with Crippen LogP contribution in [0.25, 0.3) is 0 Å². The molecule has 2 aliphatic carbocycles. The molecule has 26 heavy (non-hydrogen) atoms. The van der Waals surface area contributed by atoms with Crippen LogP contribution in [-0.4, -0.2) is 51.7 Å². The Kier molecular flexibility index (Phi) is 3.92. The minimum atomic E-state index is -0.989. The van der Waals surface area contributed by atoms with Gasteiger partial charge >= 0.3 is 0 Å². The zero-order chi connectivity index (χ0) is 17.4. The number of ether oxygens (including phenoxy) is 1. The lowest BCUT2D eigenvalue weighted by Gasteiger charge is -2.62. The van der Waals surface area contributed by atoms with E-state index in [1.54, 1.807) is 6.07 Å². The molecule has 0 radical (unpaired) electrons. The van der Waals surface area contributed by atoms with Crippen LogP contribution in [0.3, 0.4) is 0 Å². The van der Waals surface area contributed by atoms with Crippen LogP contribution in [0, 0.1) is 0 Å². The van der Waals surface area contributed by atoms with E-state index >= 15 is 0 Å². The van der Waals surface area contributed by atoms with E-state index in [-0.39, 0.29) is 30.0 Å². The lowest BCUT2D eigenvalue weighted by atomic mass is 9.49. The number of halogens is 1. The quantitative estimate of drug-likeness (QED) is 0.789. The van der Waals surface area contributed by atoms with Gasteiger partial charge < -0.3 is 14.9 Å². The topological polar surface area (TPSA) is 70.0 Å². The second-order valence-corrected chi connectivity index (χ2v) is 7.89. The Bertz CT molecular complexity index is 796. The molecule has 1 aromatic rings. The van der Waals surface area contributed by atoms with E-state index in [1.807, 2.05) is 12.1 Å². The Hall–Kier alpha value is -1.56. The molecule has 0 amide bonds. The standard InChI is InChI=1S/C20H23NO4.ClH/c1-2-3-9-21-10-8-19-16-12-4-5-13(22)17(16)25-18(19)14(23)6-7-20(19,24)15(21)11-12;/h2,4-5,15,18,22,24H,1,3,6-11H2;1H/t15-,18+,19+,20-;/m1./s1. The molecule has 1 aromatic carbocycles. The van der Waals surface area contributed by atoms with Gasteiger partial charge in [-0.05, 0) is 43.9 Å². The molecule has 1 saturated heterocycles. The number of phenols is 1. The molecule has 6 heteroatoms. The molecule has 1 spiro atoms. The third-order valence-corrected chi connectivity index (χ3v) is 6.99. The van der Waals surface area contributed by atoms with E-state index in [1.165, 1.54) is 0 Å². The average molecular weight is 378 g/mol. The molecule has 0 unspecified atom stereocenters. The maximum absolute atomic E-state index is 12.7. The summed E-state index contributed by atoms with van der Waals surface area (Å²) in [6.07, 6.45) is 4.32. The van der Waals surface area contributed by atoms with Gasteiger partial charge in [0.1, 0.15) is 0 Å². The first kappa shape index (κ1) is 17.8. The molecule has 2 N–H and O–H groups in total. The fourth-order valence-corrected chi connectivity index (χ4v) is 5.94. The largest absolute Gasteiger partial charge is 0.504 e. The van der Waals surface area contributed by atoms with Crippen molar-refractivity contribution < 1.29 is 19.7 Å². The van der Waals surface area contributed by atoms with Gasteiger partial charge in [-0.25, -0.2) is 0 Å². The number of likely N-dealkylation sites (tertiary alicyclic amines) is 1. The van der Waals surface area contributed by atoms with Gasteiger partial charge in [0.15, 0.2) is 23.4 Å². The molecule has 0 aromatic heterocycles. The summed E-state index contributed by atoms with van der Waals surface area (Å²) < 4.78 is 6.01. The summed E-state index contributed by atoms with van der Waals surface area (Å²) >= 11 is 0. The summed E-state index contributed by atoms with van der Waals surface area (Å²) in [4.78, 5) is 15.0. The van der Waals surface area contributed by atoms with Crippen molar-refractivity contribution in [3.8, 4) is 11.5 Å². The summed E-state index contributed by atoms with van der Waals surface area (Å²) in [6.45, 7) is 5.51. The number of phenolic OH excluding ortho intramolecular Hbond substituents is 1. The molecular formula is C20H24ClNO4. The van der Waals surface area contributed by atoms with Crippen LogP contribution < -0.4 is 4.74 Å². The Morgan fingerprint density at radius 3 is 2.96 bits per heavy atom. The normalized spacial score (nSPS) is 36.7. The number of carbonyl (C=O) groups excluding carboxylic acids is 1. The van der Waals surface area contributed by atoms with Gasteiger partial charge in [-0.1, -0.05) is 12.1 Å². The Morgan fingerprint density at radius 2 is 2.19 bits per heavy atom. The molecule has 2 aliphatic heterocycles. The van der Waals surface area contributed by atoms with E-state index in [0.717, 1.165) is 37.1 Å². The lowest BCUT2D eigenvalue weighted by Crippen LogP contribution is -2.76. The summed E-state index contributed by atoms with van der Waals surface area (Å²) in [7, 11) is 0. The van der Waals surface area contributed by atoms with Crippen molar-refractivity contribution in [2.24, 2.45) is 0 Å². The molecule has 5 nitrogen and oxygen atoms in total. The third-order valence-electron chi connectivity index (χ3n) is 6.99. The van der Waals surface area contributed by atoms with Crippen LogP contribution in [0.5, 0.6) is 11.5 Å². The van der Waals surface area contributed by atoms with E-state index in [0.29, 0.717) is 25.0 Å². The molecule has 2 fully saturated rings. The van der Waals surface area contributed by atoms with Gasteiger partial charge in [0.05, 0.1) is 11.0 Å². The highest BCUT2D eigenvalue weighted by molar-refractivity contribution is 5.90. The number of Topliss-reactive ketones (excluding diaryl/α,β-unsaturated/α-hetero) is 1. The fourth-order valence-electron chi connectivity index (χ4n) is 5.94. The van der Waals surface area contributed by atoms with Crippen molar-refractivity contribution in [3.63, 3.8) is 0 Å². The van der Waals surface area contributed by atoms with Crippen molar-refractivity contribution in [1.29, 1.82) is 0 Å².